The number of aromatic nitrogens is 2. The fourth-order valence-corrected chi connectivity index (χ4v) is 3.82. The summed E-state index contributed by atoms with van der Waals surface area (Å²) in [6.07, 6.45) is 5.88. The molecule has 8 heteroatoms. The average molecular weight is 347 g/mol. The highest BCUT2D eigenvalue weighted by Gasteiger charge is 2.55. The molecule has 1 aromatic heterocycles. The number of carbonyl (C=O) groups excluding carboxylic acids is 3. The molecule has 0 bridgehead atoms. The number of likely N-dealkylation sites (N-methyl/N-ethyl adjacent to an activating group) is 1. The first kappa shape index (κ1) is 17.4. The lowest BCUT2D eigenvalue weighted by Gasteiger charge is -2.35. The van der Waals surface area contributed by atoms with E-state index in [1.54, 1.807) is 24.0 Å². The molecule has 2 aliphatic rings. The summed E-state index contributed by atoms with van der Waals surface area (Å²) < 4.78 is 1.68. The Bertz CT molecular complexity index is 690. The lowest BCUT2D eigenvalue weighted by molar-refractivity contribution is -0.136. The summed E-state index contributed by atoms with van der Waals surface area (Å²) in [7, 11) is 1.66. The Balaban J connectivity index is 1.72. The minimum absolute atomic E-state index is 0.0944. The molecule has 1 aromatic rings. The summed E-state index contributed by atoms with van der Waals surface area (Å²) in [5.74, 6) is -0.0857. The summed E-state index contributed by atoms with van der Waals surface area (Å²) in [6, 6.07) is 1.40. The molecule has 1 spiro atoms. The van der Waals surface area contributed by atoms with Crippen molar-refractivity contribution in [3.05, 3.63) is 12.3 Å². The number of amides is 4. The smallest absolute Gasteiger partial charge is 0.313 e. The van der Waals surface area contributed by atoms with Gasteiger partial charge in [-0.1, -0.05) is 19.3 Å². The van der Waals surface area contributed by atoms with Gasteiger partial charge >= 0.3 is 6.03 Å². The summed E-state index contributed by atoms with van der Waals surface area (Å²) >= 11 is 0. The van der Waals surface area contributed by atoms with E-state index in [-0.39, 0.29) is 24.5 Å². The first-order valence-electron chi connectivity index (χ1n) is 8.80. The minimum Gasteiger partial charge on any atom is -0.313 e. The Morgan fingerprint density at radius 3 is 2.60 bits per heavy atom. The van der Waals surface area contributed by atoms with Crippen molar-refractivity contribution in [3.63, 3.8) is 0 Å². The zero-order valence-electron chi connectivity index (χ0n) is 15.0. The van der Waals surface area contributed by atoms with Crippen LogP contribution in [-0.2, 0) is 9.59 Å². The van der Waals surface area contributed by atoms with E-state index in [2.05, 4.69) is 10.4 Å². The number of hydrogen-bond donors (Lipinski definition) is 1. The predicted molar refractivity (Wildman–Crippen MR) is 91.9 cm³/mol. The van der Waals surface area contributed by atoms with Gasteiger partial charge in [0, 0.05) is 19.2 Å². The van der Waals surface area contributed by atoms with Crippen LogP contribution in [0.1, 0.15) is 52.0 Å². The molecule has 1 saturated heterocycles. The van der Waals surface area contributed by atoms with Crippen LogP contribution in [0.5, 0.6) is 0 Å². The van der Waals surface area contributed by atoms with Crippen LogP contribution in [0.25, 0.3) is 0 Å². The van der Waals surface area contributed by atoms with Crippen LogP contribution in [0.2, 0.25) is 0 Å². The third kappa shape index (κ3) is 2.89. The summed E-state index contributed by atoms with van der Waals surface area (Å²) in [5, 5.41) is 6.90. The molecule has 1 aliphatic heterocycles. The van der Waals surface area contributed by atoms with Crippen molar-refractivity contribution < 1.29 is 14.4 Å². The van der Waals surface area contributed by atoms with Crippen LogP contribution in [0.15, 0.2) is 12.3 Å². The molecule has 2 fully saturated rings. The zero-order chi connectivity index (χ0) is 18.2. The number of hydrogen-bond acceptors (Lipinski definition) is 4. The maximum absolute atomic E-state index is 12.9. The van der Waals surface area contributed by atoms with E-state index in [1.165, 1.54) is 4.90 Å². The highest BCUT2D eigenvalue weighted by Crippen LogP contribution is 2.39. The molecule has 0 aromatic carbocycles. The van der Waals surface area contributed by atoms with Gasteiger partial charge in [-0.3, -0.25) is 14.5 Å². The Labute approximate surface area is 147 Å². The molecule has 136 valence electrons. The van der Waals surface area contributed by atoms with Crippen molar-refractivity contribution >= 4 is 23.7 Å². The fraction of sp³-hybridized carbons (Fsp3) is 0.647. The predicted octanol–water partition coefficient (Wildman–Crippen LogP) is 2.00. The van der Waals surface area contributed by atoms with Crippen molar-refractivity contribution in [1.82, 2.24) is 19.6 Å². The van der Waals surface area contributed by atoms with E-state index in [4.69, 9.17) is 0 Å². The topological polar surface area (TPSA) is 87.5 Å². The first-order valence-corrected chi connectivity index (χ1v) is 8.80. The number of imide groups is 1. The molecule has 1 N–H and O–H groups in total. The largest absolute Gasteiger partial charge is 0.327 e. The minimum atomic E-state index is -0.755. The zero-order valence-corrected chi connectivity index (χ0v) is 15.0. The molecule has 0 radical (unpaired) electrons. The fourth-order valence-electron chi connectivity index (χ4n) is 3.82. The van der Waals surface area contributed by atoms with Gasteiger partial charge in [0.25, 0.3) is 5.91 Å². The molecule has 3 rings (SSSR count). The Morgan fingerprint density at radius 1 is 1.28 bits per heavy atom. The van der Waals surface area contributed by atoms with E-state index in [1.807, 2.05) is 13.8 Å². The number of nitrogens with zero attached hydrogens (tertiary/aromatic N) is 4. The standard InChI is InChI=1S/C17H25N5O3/c1-12(2)22-13(7-10-18-22)19-14(23)11-21-15(24)17(20(3)16(21)25)8-5-4-6-9-17/h7,10,12H,4-6,8-9,11H2,1-3H3,(H,19,23). The summed E-state index contributed by atoms with van der Waals surface area (Å²) in [5.41, 5.74) is -0.755. The maximum Gasteiger partial charge on any atom is 0.327 e. The van der Waals surface area contributed by atoms with Gasteiger partial charge in [-0.2, -0.15) is 5.10 Å². The molecule has 0 atom stereocenters. The van der Waals surface area contributed by atoms with E-state index in [0.29, 0.717) is 18.7 Å². The Morgan fingerprint density at radius 2 is 1.96 bits per heavy atom. The molecule has 1 aliphatic carbocycles. The molecule has 1 saturated carbocycles. The third-order valence-corrected chi connectivity index (χ3v) is 5.21. The van der Waals surface area contributed by atoms with Gasteiger partial charge in [0.1, 0.15) is 17.9 Å². The normalized spacial score (nSPS) is 20.0. The van der Waals surface area contributed by atoms with Crippen LogP contribution < -0.4 is 5.32 Å². The van der Waals surface area contributed by atoms with Gasteiger partial charge in [-0.25, -0.2) is 9.48 Å². The van der Waals surface area contributed by atoms with E-state index < -0.39 is 11.4 Å². The van der Waals surface area contributed by atoms with Crippen molar-refractivity contribution in [3.8, 4) is 0 Å². The molecular weight excluding hydrogens is 322 g/mol. The van der Waals surface area contributed by atoms with Crippen LogP contribution >= 0.6 is 0 Å². The van der Waals surface area contributed by atoms with E-state index in [9.17, 15) is 14.4 Å². The number of nitrogens with one attached hydrogen (secondary N) is 1. The quantitative estimate of drug-likeness (QED) is 0.844. The highest BCUT2D eigenvalue weighted by molar-refractivity contribution is 6.10. The monoisotopic (exact) mass is 347 g/mol. The van der Waals surface area contributed by atoms with Crippen molar-refractivity contribution in [1.29, 1.82) is 0 Å². The van der Waals surface area contributed by atoms with Gasteiger partial charge in [0.05, 0.1) is 6.20 Å². The molecular formula is C17H25N5O3. The number of urea groups is 1. The second-order valence-electron chi connectivity index (χ2n) is 7.13. The van der Waals surface area contributed by atoms with Crippen molar-refractivity contribution in [2.45, 2.75) is 57.5 Å². The van der Waals surface area contributed by atoms with Gasteiger partial charge in [0.15, 0.2) is 0 Å². The molecule has 2 heterocycles. The Kier molecular flexibility index (Phi) is 4.53. The van der Waals surface area contributed by atoms with Gasteiger partial charge in [0.2, 0.25) is 5.91 Å². The lowest BCUT2D eigenvalue weighted by Crippen LogP contribution is -2.49. The van der Waals surface area contributed by atoms with E-state index >= 15 is 0 Å². The molecule has 0 unspecified atom stereocenters. The molecule has 25 heavy (non-hydrogen) atoms. The molecule has 4 amide bonds. The van der Waals surface area contributed by atoms with Gasteiger partial charge in [-0.15, -0.1) is 0 Å². The third-order valence-electron chi connectivity index (χ3n) is 5.21. The van der Waals surface area contributed by atoms with Crippen molar-refractivity contribution in [2.75, 3.05) is 18.9 Å². The highest BCUT2D eigenvalue weighted by atomic mass is 16.2. The van der Waals surface area contributed by atoms with E-state index in [0.717, 1.165) is 24.2 Å². The second-order valence-corrected chi connectivity index (χ2v) is 7.13. The van der Waals surface area contributed by atoms with Gasteiger partial charge < -0.3 is 10.2 Å². The SMILES string of the molecule is CC(C)n1nccc1NC(=O)CN1C(=O)N(C)C2(CCCCC2)C1=O. The lowest BCUT2D eigenvalue weighted by atomic mass is 9.81. The summed E-state index contributed by atoms with van der Waals surface area (Å²) in [4.78, 5) is 40.4. The average Bonchev–Trinajstić information content (AvgIpc) is 3.11. The van der Waals surface area contributed by atoms with Crippen LogP contribution in [0.3, 0.4) is 0 Å². The Hall–Kier alpha value is -2.38. The summed E-state index contributed by atoms with van der Waals surface area (Å²) in [6.45, 7) is 3.64. The first-order chi connectivity index (χ1) is 11.9. The van der Waals surface area contributed by atoms with Crippen LogP contribution in [0, 0.1) is 0 Å². The number of anilines is 1. The maximum atomic E-state index is 12.9. The van der Waals surface area contributed by atoms with Gasteiger partial charge in [-0.05, 0) is 26.7 Å². The second kappa shape index (κ2) is 6.50. The number of carbonyl (C=O) groups is 3. The van der Waals surface area contributed by atoms with Crippen molar-refractivity contribution in [2.24, 2.45) is 0 Å². The molecule has 8 nitrogen and oxygen atoms in total. The number of rotatable bonds is 4. The van der Waals surface area contributed by atoms with Crippen LogP contribution in [0.4, 0.5) is 10.6 Å². The van der Waals surface area contributed by atoms with Crippen LogP contribution in [-0.4, -0.2) is 56.6 Å².